The first-order valence-electron chi connectivity index (χ1n) is 4.70. The molecule has 14 heavy (non-hydrogen) atoms. The van der Waals surface area contributed by atoms with Gasteiger partial charge in [0.05, 0.1) is 6.61 Å². The lowest BCUT2D eigenvalue weighted by Crippen LogP contribution is -2.12. The van der Waals surface area contributed by atoms with Gasteiger partial charge in [-0.25, -0.2) is 0 Å². The SMILES string of the molecule is COCCc1ccc2c(c1)C(=O)NC2. The van der Waals surface area contributed by atoms with E-state index >= 15 is 0 Å². The first kappa shape index (κ1) is 9.21. The molecule has 1 N–H and O–H groups in total. The topological polar surface area (TPSA) is 38.3 Å². The van der Waals surface area contributed by atoms with Crippen molar-refractivity contribution in [1.29, 1.82) is 0 Å². The summed E-state index contributed by atoms with van der Waals surface area (Å²) in [6.07, 6.45) is 0.858. The average molecular weight is 191 g/mol. The molecule has 1 aromatic rings. The second-order valence-corrected chi connectivity index (χ2v) is 3.42. The molecule has 74 valence electrons. The molecule has 3 nitrogen and oxygen atoms in total. The molecule has 0 saturated carbocycles. The molecule has 1 aliphatic heterocycles. The number of ether oxygens (including phenoxy) is 1. The van der Waals surface area contributed by atoms with Crippen LogP contribution >= 0.6 is 0 Å². The van der Waals surface area contributed by atoms with Crippen molar-refractivity contribution in [1.82, 2.24) is 5.32 Å². The van der Waals surface area contributed by atoms with Crippen LogP contribution in [0.25, 0.3) is 0 Å². The zero-order chi connectivity index (χ0) is 9.97. The number of carbonyl (C=O) groups is 1. The van der Waals surface area contributed by atoms with Gasteiger partial charge in [0.15, 0.2) is 0 Å². The zero-order valence-corrected chi connectivity index (χ0v) is 8.17. The lowest BCUT2D eigenvalue weighted by molar-refractivity contribution is 0.0965. The van der Waals surface area contributed by atoms with Crippen molar-refractivity contribution in [3.8, 4) is 0 Å². The van der Waals surface area contributed by atoms with Gasteiger partial charge in [0.2, 0.25) is 0 Å². The van der Waals surface area contributed by atoms with E-state index in [2.05, 4.69) is 11.4 Å². The van der Waals surface area contributed by atoms with Crippen LogP contribution in [0.15, 0.2) is 18.2 Å². The number of carbonyl (C=O) groups excluding carboxylic acids is 1. The number of benzene rings is 1. The lowest BCUT2D eigenvalue weighted by Gasteiger charge is -2.02. The molecule has 0 aliphatic carbocycles. The maximum Gasteiger partial charge on any atom is 0.251 e. The smallest absolute Gasteiger partial charge is 0.251 e. The van der Waals surface area contributed by atoms with E-state index in [0.29, 0.717) is 13.2 Å². The van der Waals surface area contributed by atoms with Crippen LogP contribution < -0.4 is 5.32 Å². The third-order valence-electron chi connectivity index (χ3n) is 2.45. The predicted molar refractivity (Wildman–Crippen MR) is 53.2 cm³/mol. The highest BCUT2D eigenvalue weighted by atomic mass is 16.5. The van der Waals surface area contributed by atoms with Gasteiger partial charge in [-0.15, -0.1) is 0 Å². The minimum atomic E-state index is 0.0410. The maximum atomic E-state index is 11.3. The van der Waals surface area contributed by atoms with E-state index in [1.165, 1.54) is 0 Å². The van der Waals surface area contributed by atoms with Crippen molar-refractivity contribution in [2.24, 2.45) is 0 Å². The van der Waals surface area contributed by atoms with E-state index in [-0.39, 0.29) is 5.91 Å². The van der Waals surface area contributed by atoms with Gasteiger partial charge in [0, 0.05) is 19.2 Å². The quantitative estimate of drug-likeness (QED) is 0.777. The Morgan fingerprint density at radius 3 is 3.14 bits per heavy atom. The number of nitrogens with one attached hydrogen (secondary N) is 1. The highest BCUT2D eigenvalue weighted by molar-refractivity contribution is 5.98. The molecule has 0 aromatic heterocycles. The summed E-state index contributed by atoms with van der Waals surface area (Å²) in [4.78, 5) is 11.3. The molecule has 0 fully saturated rings. The summed E-state index contributed by atoms with van der Waals surface area (Å²) in [5, 5.41) is 2.80. The molecule has 2 rings (SSSR count). The summed E-state index contributed by atoms with van der Waals surface area (Å²) in [6.45, 7) is 1.36. The van der Waals surface area contributed by atoms with Gasteiger partial charge >= 0.3 is 0 Å². The number of amides is 1. The van der Waals surface area contributed by atoms with E-state index in [4.69, 9.17) is 4.74 Å². The third kappa shape index (κ3) is 1.63. The van der Waals surface area contributed by atoms with Gasteiger partial charge in [0.1, 0.15) is 0 Å². The van der Waals surface area contributed by atoms with E-state index in [9.17, 15) is 4.79 Å². The maximum absolute atomic E-state index is 11.3. The summed E-state index contributed by atoms with van der Waals surface area (Å²) in [5.74, 6) is 0.0410. The molecule has 1 aromatic carbocycles. The van der Waals surface area contributed by atoms with E-state index < -0.39 is 0 Å². The summed E-state index contributed by atoms with van der Waals surface area (Å²) >= 11 is 0. The Hall–Kier alpha value is -1.35. The monoisotopic (exact) mass is 191 g/mol. The fraction of sp³-hybridized carbons (Fsp3) is 0.364. The van der Waals surface area contributed by atoms with Crippen molar-refractivity contribution in [2.45, 2.75) is 13.0 Å². The summed E-state index contributed by atoms with van der Waals surface area (Å²) in [6, 6.07) is 6.02. The van der Waals surface area contributed by atoms with Gasteiger partial charge in [-0.05, 0) is 23.6 Å². The summed E-state index contributed by atoms with van der Waals surface area (Å²) < 4.78 is 4.99. The Labute approximate surface area is 83.1 Å². The molecule has 0 atom stereocenters. The first-order valence-corrected chi connectivity index (χ1v) is 4.70. The number of fused-ring (bicyclic) bond motifs is 1. The molecule has 0 spiro atoms. The fourth-order valence-corrected chi connectivity index (χ4v) is 1.64. The van der Waals surface area contributed by atoms with Crippen LogP contribution in [0.5, 0.6) is 0 Å². The van der Waals surface area contributed by atoms with Gasteiger partial charge < -0.3 is 10.1 Å². The van der Waals surface area contributed by atoms with Crippen LogP contribution in [0.1, 0.15) is 21.5 Å². The van der Waals surface area contributed by atoms with E-state index in [0.717, 1.165) is 23.1 Å². The Morgan fingerprint density at radius 1 is 1.50 bits per heavy atom. The van der Waals surface area contributed by atoms with Crippen molar-refractivity contribution < 1.29 is 9.53 Å². The van der Waals surface area contributed by atoms with Gasteiger partial charge in [0.25, 0.3) is 5.91 Å². The molecule has 1 heterocycles. The van der Waals surface area contributed by atoms with Crippen molar-refractivity contribution in [3.63, 3.8) is 0 Å². The molecule has 3 heteroatoms. The Morgan fingerprint density at radius 2 is 2.36 bits per heavy atom. The minimum Gasteiger partial charge on any atom is -0.384 e. The van der Waals surface area contributed by atoms with Crippen LogP contribution in [0, 0.1) is 0 Å². The zero-order valence-electron chi connectivity index (χ0n) is 8.17. The van der Waals surface area contributed by atoms with Gasteiger partial charge in [-0.1, -0.05) is 12.1 Å². The van der Waals surface area contributed by atoms with Gasteiger partial charge in [-0.3, -0.25) is 4.79 Å². The Bertz CT molecular complexity index is 360. The molecular formula is C11H13NO2. The third-order valence-corrected chi connectivity index (χ3v) is 2.45. The largest absolute Gasteiger partial charge is 0.384 e. The number of rotatable bonds is 3. The Balaban J connectivity index is 2.21. The predicted octanol–water partition coefficient (Wildman–Crippen LogP) is 1.12. The number of hydrogen-bond donors (Lipinski definition) is 1. The van der Waals surface area contributed by atoms with Crippen LogP contribution in [0.4, 0.5) is 0 Å². The van der Waals surface area contributed by atoms with E-state index in [1.54, 1.807) is 7.11 Å². The summed E-state index contributed by atoms with van der Waals surface area (Å²) in [5.41, 5.74) is 3.07. The number of methoxy groups -OCH3 is 1. The second-order valence-electron chi connectivity index (χ2n) is 3.42. The van der Waals surface area contributed by atoms with Crippen LogP contribution in [-0.2, 0) is 17.7 Å². The van der Waals surface area contributed by atoms with Gasteiger partial charge in [-0.2, -0.15) is 0 Å². The van der Waals surface area contributed by atoms with Crippen LogP contribution in [0.2, 0.25) is 0 Å². The molecular weight excluding hydrogens is 178 g/mol. The Kier molecular flexibility index (Phi) is 2.50. The van der Waals surface area contributed by atoms with Crippen LogP contribution in [-0.4, -0.2) is 19.6 Å². The molecule has 0 unspecified atom stereocenters. The van der Waals surface area contributed by atoms with Crippen molar-refractivity contribution in [3.05, 3.63) is 34.9 Å². The minimum absolute atomic E-state index is 0.0410. The highest BCUT2D eigenvalue weighted by Crippen LogP contribution is 2.17. The molecule has 0 radical (unpaired) electrons. The van der Waals surface area contributed by atoms with E-state index in [1.807, 2.05) is 12.1 Å². The average Bonchev–Trinajstić information content (AvgIpc) is 2.57. The van der Waals surface area contributed by atoms with Crippen LogP contribution in [0.3, 0.4) is 0 Å². The molecule has 0 saturated heterocycles. The standard InChI is InChI=1S/C11H13NO2/c1-14-5-4-8-2-3-9-7-12-11(13)10(9)6-8/h2-3,6H,4-5,7H2,1H3,(H,12,13). The lowest BCUT2D eigenvalue weighted by atomic mass is 10.0. The normalized spacial score (nSPS) is 13.9. The fourth-order valence-electron chi connectivity index (χ4n) is 1.64. The van der Waals surface area contributed by atoms with Crippen molar-refractivity contribution in [2.75, 3.05) is 13.7 Å². The molecule has 1 aliphatic rings. The van der Waals surface area contributed by atoms with Crippen molar-refractivity contribution >= 4 is 5.91 Å². The highest BCUT2D eigenvalue weighted by Gasteiger charge is 2.18. The molecule has 1 amide bonds. The molecule has 0 bridgehead atoms. The first-order chi connectivity index (χ1) is 6.81. The summed E-state index contributed by atoms with van der Waals surface area (Å²) in [7, 11) is 1.68. The second kappa shape index (κ2) is 3.80. The number of hydrogen-bond acceptors (Lipinski definition) is 2.